The fraction of sp³-hybridized carbons (Fsp3) is 0.312. The van der Waals surface area contributed by atoms with Gasteiger partial charge in [0.05, 0.1) is 22.5 Å². The molecule has 1 amide bonds. The third-order valence-corrected chi connectivity index (χ3v) is 5.46. The summed E-state index contributed by atoms with van der Waals surface area (Å²) in [6, 6.07) is 8.12. The van der Waals surface area contributed by atoms with Crippen LogP contribution in [0.2, 0.25) is 0 Å². The van der Waals surface area contributed by atoms with E-state index in [2.05, 4.69) is 25.8 Å². The second kappa shape index (κ2) is 6.93. The molecule has 2 heterocycles. The molecule has 1 aromatic carbocycles. The van der Waals surface area contributed by atoms with E-state index in [4.69, 9.17) is 0 Å². The van der Waals surface area contributed by atoms with E-state index in [1.54, 1.807) is 11.3 Å². The quantitative estimate of drug-likeness (QED) is 0.669. The summed E-state index contributed by atoms with van der Waals surface area (Å²) in [5.41, 5.74) is 2.68. The van der Waals surface area contributed by atoms with Crippen molar-refractivity contribution in [1.29, 1.82) is 0 Å². The smallest absolute Gasteiger partial charge is 0.234 e. The maximum atomic E-state index is 12.2. The Morgan fingerprint density at radius 1 is 1.44 bits per heavy atom. The van der Waals surface area contributed by atoms with Gasteiger partial charge in [0.2, 0.25) is 11.1 Å². The first kappa shape index (κ1) is 16.2. The van der Waals surface area contributed by atoms with Crippen molar-refractivity contribution in [2.75, 3.05) is 11.1 Å². The minimum absolute atomic E-state index is 0.0815. The van der Waals surface area contributed by atoms with Crippen LogP contribution < -0.4 is 5.32 Å². The minimum Gasteiger partial charge on any atom is -0.325 e. The Bertz CT molecular complexity index is 901. The molecular formula is C16H16N6OS2. The van der Waals surface area contributed by atoms with E-state index in [0.717, 1.165) is 34.8 Å². The number of hydrogen-bond donors (Lipinski definition) is 1. The highest BCUT2D eigenvalue weighted by molar-refractivity contribution is 7.99. The van der Waals surface area contributed by atoms with Crippen molar-refractivity contribution in [2.45, 2.75) is 31.0 Å². The van der Waals surface area contributed by atoms with Gasteiger partial charge in [0.15, 0.2) is 0 Å². The van der Waals surface area contributed by atoms with E-state index < -0.39 is 0 Å². The molecule has 1 fully saturated rings. The van der Waals surface area contributed by atoms with E-state index in [0.29, 0.717) is 11.2 Å². The predicted octanol–water partition coefficient (Wildman–Crippen LogP) is 3.17. The normalized spacial score (nSPS) is 13.8. The third kappa shape index (κ3) is 3.88. The number of aromatic nitrogens is 5. The van der Waals surface area contributed by atoms with Crippen LogP contribution in [0, 0.1) is 6.92 Å². The SMILES string of the molecule is Cc1nc(-c2cccc(NC(=O)CSc3nnnn3C3CC3)c2)cs1. The van der Waals surface area contributed by atoms with Crippen LogP contribution in [0.25, 0.3) is 11.3 Å². The molecule has 1 N–H and O–H groups in total. The molecule has 0 aliphatic heterocycles. The van der Waals surface area contributed by atoms with Crippen molar-refractivity contribution in [2.24, 2.45) is 0 Å². The zero-order valence-corrected chi connectivity index (χ0v) is 15.2. The molecule has 0 unspecified atom stereocenters. The highest BCUT2D eigenvalue weighted by atomic mass is 32.2. The Balaban J connectivity index is 1.38. The molecule has 25 heavy (non-hydrogen) atoms. The van der Waals surface area contributed by atoms with E-state index in [-0.39, 0.29) is 11.7 Å². The van der Waals surface area contributed by atoms with Gasteiger partial charge in [0.1, 0.15) is 0 Å². The lowest BCUT2D eigenvalue weighted by Gasteiger charge is -2.06. The number of aryl methyl sites for hydroxylation is 1. The fourth-order valence-corrected chi connectivity index (χ4v) is 3.77. The minimum atomic E-state index is -0.0815. The number of carbonyl (C=O) groups is 1. The summed E-state index contributed by atoms with van der Waals surface area (Å²) in [6.45, 7) is 1.98. The molecule has 7 nitrogen and oxygen atoms in total. The predicted molar refractivity (Wildman–Crippen MR) is 97.7 cm³/mol. The van der Waals surface area contributed by atoms with Crippen LogP contribution in [-0.4, -0.2) is 36.9 Å². The molecule has 0 radical (unpaired) electrons. The first-order valence-corrected chi connectivity index (χ1v) is 9.78. The maximum Gasteiger partial charge on any atom is 0.234 e. The highest BCUT2D eigenvalue weighted by Gasteiger charge is 2.28. The standard InChI is InChI=1S/C16H16N6OS2/c1-10-17-14(8-24-10)11-3-2-4-12(7-11)18-15(23)9-25-16-19-20-21-22(16)13-5-6-13/h2-4,7-8,13H,5-6,9H2,1H3,(H,18,23). The molecule has 4 rings (SSSR count). The lowest BCUT2D eigenvalue weighted by molar-refractivity contribution is -0.113. The lowest BCUT2D eigenvalue weighted by atomic mass is 10.1. The molecule has 1 aliphatic rings. The highest BCUT2D eigenvalue weighted by Crippen LogP contribution is 2.36. The van der Waals surface area contributed by atoms with Gasteiger partial charge in [-0.2, -0.15) is 0 Å². The average molecular weight is 372 g/mol. The zero-order valence-electron chi connectivity index (χ0n) is 13.5. The summed E-state index contributed by atoms with van der Waals surface area (Å²) in [6.07, 6.45) is 2.21. The number of thioether (sulfide) groups is 1. The van der Waals surface area contributed by atoms with Gasteiger partial charge < -0.3 is 5.32 Å². The second-order valence-electron chi connectivity index (χ2n) is 5.81. The van der Waals surface area contributed by atoms with Gasteiger partial charge in [0, 0.05) is 16.6 Å². The average Bonchev–Trinajstić information content (AvgIpc) is 3.18. The molecule has 2 aromatic heterocycles. The molecule has 128 valence electrons. The molecule has 0 atom stereocenters. The van der Waals surface area contributed by atoms with Crippen molar-refractivity contribution in [1.82, 2.24) is 25.2 Å². The topological polar surface area (TPSA) is 85.6 Å². The number of carbonyl (C=O) groups excluding carboxylic acids is 1. The number of anilines is 1. The van der Waals surface area contributed by atoms with Crippen LogP contribution in [0.15, 0.2) is 34.8 Å². The van der Waals surface area contributed by atoms with Crippen molar-refractivity contribution in [3.63, 3.8) is 0 Å². The molecule has 3 aromatic rings. The summed E-state index contributed by atoms with van der Waals surface area (Å²) in [5.74, 6) is 0.189. The van der Waals surface area contributed by atoms with Gasteiger partial charge in [-0.3, -0.25) is 4.79 Å². The third-order valence-electron chi connectivity index (χ3n) is 3.75. The number of hydrogen-bond acceptors (Lipinski definition) is 7. The molecular weight excluding hydrogens is 356 g/mol. The van der Waals surface area contributed by atoms with Crippen molar-refractivity contribution in [3.05, 3.63) is 34.7 Å². The summed E-state index contributed by atoms with van der Waals surface area (Å²) in [5, 5.41) is 18.3. The van der Waals surface area contributed by atoms with E-state index >= 15 is 0 Å². The Labute approximate surface area is 152 Å². The molecule has 0 spiro atoms. The first-order chi connectivity index (χ1) is 12.2. The Kier molecular flexibility index (Phi) is 4.50. The second-order valence-corrected chi connectivity index (χ2v) is 7.81. The molecule has 0 bridgehead atoms. The van der Waals surface area contributed by atoms with Crippen LogP contribution >= 0.6 is 23.1 Å². The first-order valence-electron chi connectivity index (χ1n) is 7.92. The number of nitrogens with zero attached hydrogens (tertiary/aromatic N) is 5. The van der Waals surface area contributed by atoms with E-state index in [1.165, 1.54) is 11.8 Å². The number of benzene rings is 1. The van der Waals surface area contributed by atoms with Gasteiger partial charge in [-0.15, -0.1) is 16.4 Å². The van der Waals surface area contributed by atoms with Crippen LogP contribution in [0.5, 0.6) is 0 Å². The monoisotopic (exact) mass is 372 g/mol. The van der Waals surface area contributed by atoms with Gasteiger partial charge in [-0.1, -0.05) is 23.9 Å². The van der Waals surface area contributed by atoms with Crippen LogP contribution in [0.1, 0.15) is 23.9 Å². The Hall–Kier alpha value is -2.26. The van der Waals surface area contributed by atoms with E-state index in [9.17, 15) is 4.79 Å². The van der Waals surface area contributed by atoms with Gasteiger partial charge >= 0.3 is 0 Å². The van der Waals surface area contributed by atoms with Crippen LogP contribution in [0.4, 0.5) is 5.69 Å². The maximum absolute atomic E-state index is 12.2. The largest absolute Gasteiger partial charge is 0.325 e. The van der Waals surface area contributed by atoms with Crippen LogP contribution in [-0.2, 0) is 4.79 Å². The lowest BCUT2D eigenvalue weighted by Crippen LogP contribution is -2.14. The van der Waals surface area contributed by atoms with Gasteiger partial charge in [-0.25, -0.2) is 9.67 Å². The molecule has 9 heteroatoms. The fourth-order valence-electron chi connectivity index (χ4n) is 2.41. The molecule has 0 saturated heterocycles. The van der Waals surface area contributed by atoms with Gasteiger partial charge in [0.25, 0.3) is 0 Å². The van der Waals surface area contributed by atoms with Crippen molar-refractivity contribution >= 4 is 34.7 Å². The molecule has 1 saturated carbocycles. The van der Waals surface area contributed by atoms with Crippen molar-refractivity contribution in [3.8, 4) is 11.3 Å². The van der Waals surface area contributed by atoms with Gasteiger partial charge in [-0.05, 0) is 42.3 Å². The number of nitrogens with one attached hydrogen (secondary N) is 1. The zero-order chi connectivity index (χ0) is 17.2. The Morgan fingerprint density at radius 2 is 2.32 bits per heavy atom. The van der Waals surface area contributed by atoms with E-state index in [1.807, 2.05) is 41.3 Å². The van der Waals surface area contributed by atoms with Crippen molar-refractivity contribution < 1.29 is 4.79 Å². The van der Waals surface area contributed by atoms with Crippen LogP contribution in [0.3, 0.4) is 0 Å². The summed E-state index contributed by atoms with van der Waals surface area (Å²) in [7, 11) is 0. The Morgan fingerprint density at radius 3 is 3.08 bits per heavy atom. The number of rotatable bonds is 6. The number of tetrazole rings is 1. The number of amides is 1. The molecule has 1 aliphatic carbocycles. The summed E-state index contributed by atoms with van der Waals surface area (Å²) in [4.78, 5) is 16.7. The summed E-state index contributed by atoms with van der Waals surface area (Å²) >= 11 is 2.97. The number of thiazole rings is 1. The summed E-state index contributed by atoms with van der Waals surface area (Å²) < 4.78 is 1.81.